The third kappa shape index (κ3) is 3.08. The third-order valence-electron chi connectivity index (χ3n) is 2.37. The molecule has 1 heteroatoms. The fourth-order valence-electron chi connectivity index (χ4n) is 1.48. The van der Waals surface area contributed by atoms with Crippen molar-refractivity contribution in [3.8, 4) is 11.8 Å². The zero-order valence-electron chi connectivity index (χ0n) is 8.25. The maximum absolute atomic E-state index is 9.25. The summed E-state index contributed by atoms with van der Waals surface area (Å²) in [4.78, 5) is 0. The van der Waals surface area contributed by atoms with Gasteiger partial charge in [-0.15, -0.1) is 5.92 Å². The van der Waals surface area contributed by atoms with E-state index in [1.54, 1.807) is 0 Å². The number of rotatable bonds is 1. The molecule has 0 aromatic carbocycles. The normalized spacial score (nSPS) is 28.1. The summed E-state index contributed by atoms with van der Waals surface area (Å²) in [5.41, 5.74) is 1.29. The summed E-state index contributed by atoms with van der Waals surface area (Å²) in [7, 11) is 0. The molecule has 0 fully saturated rings. The van der Waals surface area contributed by atoms with Gasteiger partial charge in [-0.3, -0.25) is 0 Å². The first-order valence-electron chi connectivity index (χ1n) is 4.69. The SMILES string of the molecule is CC#C/C=C(/C)C1C=C[C@@H](O)CC1. The quantitative estimate of drug-likeness (QED) is 0.480. The van der Waals surface area contributed by atoms with Crippen molar-refractivity contribution in [1.82, 2.24) is 0 Å². The lowest BCUT2D eigenvalue weighted by Gasteiger charge is -2.19. The molecule has 0 saturated carbocycles. The van der Waals surface area contributed by atoms with Crippen LogP contribution in [0.2, 0.25) is 0 Å². The standard InChI is InChI=1S/C12H16O/c1-3-4-5-10(2)11-6-8-12(13)9-7-11/h5-6,8,11-13H,7,9H2,1-2H3/b10-5-/t11?,12-/m1/s1. The fourth-order valence-corrected chi connectivity index (χ4v) is 1.48. The van der Waals surface area contributed by atoms with Gasteiger partial charge in [0, 0.05) is 0 Å². The minimum atomic E-state index is -0.235. The van der Waals surface area contributed by atoms with Crippen LogP contribution in [0.5, 0.6) is 0 Å². The maximum Gasteiger partial charge on any atom is 0.0721 e. The van der Waals surface area contributed by atoms with Crippen LogP contribution in [0.1, 0.15) is 26.7 Å². The number of hydrogen-bond donors (Lipinski definition) is 1. The second-order valence-corrected chi connectivity index (χ2v) is 3.42. The van der Waals surface area contributed by atoms with Gasteiger partial charge in [0.2, 0.25) is 0 Å². The molecule has 0 radical (unpaired) electrons. The monoisotopic (exact) mass is 176 g/mol. The smallest absolute Gasteiger partial charge is 0.0721 e. The van der Waals surface area contributed by atoms with Gasteiger partial charge in [0.15, 0.2) is 0 Å². The molecule has 0 amide bonds. The maximum atomic E-state index is 9.25. The summed E-state index contributed by atoms with van der Waals surface area (Å²) in [5.74, 6) is 6.27. The molecule has 1 nitrogen and oxygen atoms in total. The van der Waals surface area contributed by atoms with Crippen LogP contribution in [0.25, 0.3) is 0 Å². The van der Waals surface area contributed by atoms with Gasteiger partial charge in [0.1, 0.15) is 0 Å². The van der Waals surface area contributed by atoms with Crippen LogP contribution >= 0.6 is 0 Å². The van der Waals surface area contributed by atoms with Gasteiger partial charge < -0.3 is 5.11 Å². The molecule has 1 aliphatic rings. The molecule has 1 N–H and O–H groups in total. The summed E-state index contributed by atoms with van der Waals surface area (Å²) < 4.78 is 0. The van der Waals surface area contributed by atoms with E-state index in [9.17, 15) is 5.11 Å². The van der Waals surface area contributed by atoms with E-state index in [-0.39, 0.29) is 6.10 Å². The van der Waals surface area contributed by atoms with Crippen molar-refractivity contribution in [3.05, 3.63) is 23.8 Å². The van der Waals surface area contributed by atoms with Crippen molar-refractivity contribution in [2.45, 2.75) is 32.8 Å². The number of aliphatic hydroxyl groups excluding tert-OH is 1. The van der Waals surface area contributed by atoms with Crippen LogP contribution < -0.4 is 0 Å². The largest absolute Gasteiger partial charge is 0.389 e. The van der Waals surface area contributed by atoms with Gasteiger partial charge in [-0.1, -0.05) is 23.6 Å². The van der Waals surface area contributed by atoms with Crippen LogP contribution in [0.15, 0.2) is 23.8 Å². The summed E-state index contributed by atoms with van der Waals surface area (Å²) in [6.07, 6.45) is 7.59. The predicted molar refractivity (Wildman–Crippen MR) is 55.1 cm³/mol. The highest BCUT2D eigenvalue weighted by Crippen LogP contribution is 2.23. The average molecular weight is 176 g/mol. The molecule has 0 spiro atoms. The molecule has 0 bridgehead atoms. The van der Waals surface area contributed by atoms with Gasteiger partial charge >= 0.3 is 0 Å². The van der Waals surface area contributed by atoms with Crippen molar-refractivity contribution in [3.63, 3.8) is 0 Å². The first kappa shape index (κ1) is 10.1. The molecule has 0 aromatic heterocycles. The number of allylic oxidation sites excluding steroid dienone is 3. The van der Waals surface area contributed by atoms with E-state index in [0.717, 1.165) is 12.8 Å². The highest BCUT2D eigenvalue weighted by Gasteiger charge is 2.14. The summed E-state index contributed by atoms with van der Waals surface area (Å²) in [6, 6.07) is 0. The van der Waals surface area contributed by atoms with Crippen LogP contribution in [-0.4, -0.2) is 11.2 Å². The molecule has 0 aromatic rings. The molecule has 1 rings (SSSR count). The Morgan fingerprint density at radius 1 is 1.46 bits per heavy atom. The van der Waals surface area contributed by atoms with Gasteiger partial charge in [-0.2, -0.15) is 0 Å². The lowest BCUT2D eigenvalue weighted by Crippen LogP contribution is -2.12. The third-order valence-corrected chi connectivity index (χ3v) is 2.37. The van der Waals surface area contributed by atoms with Crippen molar-refractivity contribution in [2.75, 3.05) is 0 Å². The predicted octanol–water partition coefficient (Wildman–Crippen LogP) is 2.28. The van der Waals surface area contributed by atoms with Gasteiger partial charge in [-0.05, 0) is 38.7 Å². The van der Waals surface area contributed by atoms with E-state index in [2.05, 4.69) is 24.8 Å². The lowest BCUT2D eigenvalue weighted by molar-refractivity contribution is 0.198. The molecule has 0 aliphatic heterocycles. The molecule has 0 saturated heterocycles. The van der Waals surface area contributed by atoms with E-state index >= 15 is 0 Å². The Morgan fingerprint density at radius 2 is 2.23 bits per heavy atom. The van der Waals surface area contributed by atoms with Crippen molar-refractivity contribution < 1.29 is 5.11 Å². The number of hydrogen-bond acceptors (Lipinski definition) is 1. The highest BCUT2D eigenvalue weighted by molar-refractivity contribution is 5.24. The summed E-state index contributed by atoms with van der Waals surface area (Å²) >= 11 is 0. The van der Waals surface area contributed by atoms with E-state index in [1.165, 1.54) is 5.57 Å². The Kier molecular flexibility index (Phi) is 3.79. The van der Waals surface area contributed by atoms with Gasteiger partial charge in [0.05, 0.1) is 6.10 Å². The Bertz CT molecular complexity index is 275. The molecule has 13 heavy (non-hydrogen) atoms. The number of aliphatic hydroxyl groups is 1. The summed E-state index contributed by atoms with van der Waals surface area (Å²) in [6.45, 7) is 3.93. The zero-order chi connectivity index (χ0) is 9.68. The molecule has 0 heterocycles. The molecule has 1 unspecified atom stereocenters. The second-order valence-electron chi connectivity index (χ2n) is 3.42. The topological polar surface area (TPSA) is 20.2 Å². The van der Waals surface area contributed by atoms with E-state index in [1.807, 2.05) is 19.1 Å². The minimum absolute atomic E-state index is 0.235. The van der Waals surface area contributed by atoms with Crippen LogP contribution in [0.3, 0.4) is 0 Å². The Balaban J connectivity index is 2.61. The fraction of sp³-hybridized carbons (Fsp3) is 0.500. The summed E-state index contributed by atoms with van der Waals surface area (Å²) in [5, 5.41) is 9.25. The zero-order valence-corrected chi connectivity index (χ0v) is 8.25. The van der Waals surface area contributed by atoms with Crippen molar-refractivity contribution in [1.29, 1.82) is 0 Å². The Morgan fingerprint density at radius 3 is 2.77 bits per heavy atom. The van der Waals surface area contributed by atoms with Crippen molar-refractivity contribution in [2.24, 2.45) is 5.92 Å². The molecule has 70 valence electrons. The van der Waals surface area contributed by atoms with Crippen LogP contribution in [0.4, 0.5) is 0 Å². The minimum Gasteiger partial charge on any atom is -0.389 e. The van der Waals surface area contributed by atoms with Gasteiger partial charge in [-0.25, -0.2) is 0 Å². The first-order valence-corrected chi connectivity index (χ1v) is 4.69. The molecule has 2 atom stereocenters. The molecule has 1 aliphatic carbocycles. The van der Waals surface area contributed by atoms with E-state index < -0.39 is 0 Å². The van der Waals surface area contributed by atoms with Crippen molar-refractivity contribution >= 4 is 0 Å². The molecular weight excluding hydrogens is 160 g/mol. The van der Waals surface area contributed by atoms with E-state index in [4.69, 9.17) is 0 Å². The lowest BCUT2D eigenvalue weighted by atomic mass is 9.88. The Labute approximate surface area is 80.2 Å². The molecular formula is C12H16O. The average Bonchev–Trinajstić information content (AvgIpc) is 2.15. The van der Waals surface area contributed by atoms with Gasteiger partial charge in [0.25, 0.3) is 0 Å². The van der Waals surface area contributed by atoms with E-state index in [0.29, 0.717) is 5.92 Å². The van der Waals surface area contributed by atoms with Crippen LogP contribution in [0, 0.1) is 17.8 Å². The highest BCUT2D eigenvalue weighted by atomic mass is 16.3. The second kappa shape index (κ2) is 4.89. The Hall–Kier alpha value is -1.00. The first-order chi connectivity index (χ1) is 6.24. The van der Waals surface area contributed by atoms with Crippen LogP contribution in [-0.2, 0) is 0 Å².